The van der Waals surface area contributed by atoms with Gasteiger partial charge < -0.3 is 10.6 Å². The second-order valence-electron chi connectivity index (χ2n) is 5.59. The summed E-state index contributed by atoms with van der Waals surface area (Å²) in [5.41, 5.74) is 1.90. The smallest absolute Gasteiger partial charge is 0.292 e. The predicted octanol–water partition coefficient (Wildman–Crippen LogP) is 2.88. The SMILES string of the molecule is O=C(Cc1csc(-c2ccccn2)n1)NCCNc1ccccc1[N+](=O)[O-]. The highest BCUT2D eigenvalue weighted by molar-refractivity contribution is 7.13. The molecule has 2 N–H and O–H groups in total. The molecule has 0 bridgehead atoms. The highest BCUT2D eigenvalue weighted by Gasteiger charge is 2.12. The molecular weight excluding hydrogens is 366 g/mol. The number of hydrogen-bond acceptors (Lipinski definition) is 7. The molecule has 2 aromatic heterocycles. The maximum atomic E-state index is 12.0. The third-order valence-corrected chi connectivity index (χ3v) is 4.55. The number of nitrogens with one attached hydrogen (secondary N) is 2. The van der Waals surface area contributed by atoms with E-state index in [0.717, 1.165) is 10.7 Å². The second-order valence-corrected chi connectivity index (χ2v) is 6.44. The highest BCUT2D eigenvalue weighted by Crippen LogP contribution is 2.23. The molecule has 0 unspecified atom stereocenters. The highest BCUT2D eigenvalue weighted by atomic mass is 32.1. The Morgan fingerprint density at radius 2 is 1.96 bits per heavy atom. The monoisotopic (exact) mass is 383 g/mol. The van der Waals surface area contributed by atoms with Crippen LogP contribution in [0.4, 0.5) is 11.4 Å². The minimum Gasteiger partial charge on any atom is -0.378 e. The van der Waals surface area contributed by atoms with Crippen LogP contribution < -0.4 is 10.6 Å². The lowest BCUT2D eigenvalue weighted by atomic mass is 10.2. The van der Waals surface area contributed by atoms with Gasteiger partial charge in [0.2, 0.25) is 5.91 Å². The molecule has 1 amide bonds. The van der Waals surface area contributed by atoms with E-state index in [4.69, 9.17) is 0 Å². The number of rotatable bonds is 8. The Kier molecular flexibility index (Phi) is 6.06. The molecule has 0 spiro atoms. The van der Waals surface area contributed by atoms with Gasteiger partial charge in [0.05, 0.1) is 22.7 Å². The summed E-state index contributed by atoms with van der Waals surface area (Å²) in [6.45, 7) is 0.731. The van der Waals surface area contributed by atoms with Gasteiger partial charge in [-0.2, -0.15) is 0 Å². The van der Waals surface area contributed by atoms with Crippen LogP contribution in [0.3, 0.4) is 0 Å². The molecule has 27 heavy (non-hydrogen) atoms. The zero-order valence-electron chi connectivity index (χ0n) is 14.3. The van der Waals surface area contributed by atoms with Crippen LogP contribution in [-0.2, 0) is 11.2 Å². The maximum Gasteiger partial charge on any atom is 0.292 e. The molecule has 0 aliphatic carbocycles. The molecule has 3 aromatic rings. The van der Waals surface area contributed by atoms with E-state index in [1.165, 1.54) is 17.4 Å². The summed E-state index contributed by atoms with van der Waals surface area (Å²) in [5.74, 6) is -0.155. The molecule has 0 radical (unpaired) electrons. The van der Waals surface area contributed by atoms with Gasteiger partial charge in [-0.25, -0.2) is 4.98 Å². The van der Waals surface area contributed by atoms with E-state index in [0.29, 0.717) is 24.5 Å². The minimum absolute atomic E-state index is 0.00773. The number of amides is 1. The third kappa shape index (κ3) is 5.08. The van der Waals surface area contributed by atoms with Crippen molar-refractivity contribution in [3.8, 4) is 10.7 Å². The van der Waals surface area contributed by atoms with Crippen LogP contribution in [0, 0.1) is 10.1 Å². The number of aromatic nitrogens is 2. The zero-order valence-corrected chi connectivity index (χ0v) is 15.1. The van der Waals surface area contributed by atoms with Gasteiger partial charge in [0.25, 0.3) is 5.69 Å². The molecule has 3 rings (SSSR count). The van der Waals surface area contributed by atoms with Gasteiger partial charge in [-0.1, -0.05) is 18.2 Å². The van der Waals surface area contributed by atoms with E-state index in [1.807, 2.05) is 23.6 Å². The fraction of sp³-hybridized carbons (Fsp3) is 0.167. The summed E-state index contributed by atoms with van der Waals surface area (Å²) in [6, 6.07) is 12.0. The molecule has 0 aliphatic heterocycles. The standard InChI is InChI=1S/C18H17N5O3S/c24-17(11-13-12-27-18(22-13)15-6-3-4-8-19-15)21-10-9-20-14-5-1-2-7-16(14)23(25)26/h1-8,12,20H,9-11H2,(H,21,24). The molecule has 0 fully saturated rings. The van der Waals surface area contributed by atoms with Crippen molar-refractivity contribution in [3.05, 3.63) is 69.8 Å². The zero-order chi connectivity index (χ0) is 19.1. The largest absolute Gasteiger partial charge is 0.378 e. The molecule has 0 saturated carbocycles. The normalized spacial score (nSPS) is 10.4. The molecule has 0 saturated heterocycles. The predicted molar refractivity (Wildman–Crippen MR) is 104 cm³/mol. The fourth-order valence-electron chi connectivity index (χ4n) is 2.40. The van der Waals surface area contributed by atoms with Crippen molar-refractivity contribution in [2.45, 2.75) is 6.42 Å². The molecule has 0 aliphatic rings. The van der Waals surface area contributed by atoms with Crippen molar-refractivity contribution in [1.29, 1.82) is 0 Å². The van der Waals surface area contributed by atoms with Crippen molar-refractivity contribution >= 4 is 28.6 Å². The molecule has 138 valence electrons. The van der Waals surface area contributed by atoms with Crippen molar-refractivity contribution in [2.75, 3.05) is 18.4 Å². The molecule has 0 atom stereocenters. The summed E-state index contributed by atoms with van der Waals surface area (Å²) >= 11 is 1.44. The van der Waals surface area contributed by atoms with Gasteiger partial charge in [-0.3, -0.25) is 19.9 Å². The first kappa shape index (κ1) is 18.5. The summed E-state index contributed by atoms with van der Waals surface area (Å²) < 4.78 is 0. The number of hydrogen-bond donors (Lipinski definition) is 2. The number of carbonyl (C=O) groups excluding carboxylic acids is 1. The average molecular weight is 383 g/mol. The number of para-hydroxylation sites is 2. The number of benzene rings is 1. The van der Waals surface area contributed by atoms with E-state index in [2.05, 4.69) is 20.6 Å². The Morgan fingerprint density at radius 3 is 2.74 bits per heavy atom. The summed E-state index contributed by atoms with van der Waals surface area (Å²) in [4.78, 5) is 31.2. The quantitative estimate of drug-likeness (QED) is 0.352. The van der Waals surface area contributed by atoms with E-state index in [-0.39, 0.29) is 18.0 Å². The number of nitro benzene ring substituents is 1. The van der Waals surface area contributed by atoms with Crippen LogP contribution in [0.2, 0.25) is 0 Å². The van der Waals surface area contributed by atoms with Crippen molar-refractivity contribution in [1.82, 2.24) is 15.3 Å². The maximum absolute atomic E-state index is 12.0. The van der Waals surface area contributed by atoms with E-state index < -0.39 is 4.92 Å². The Labute approximate surface area is 159 Å². The molecule has 2 heterocycles. The first-order valence-electron chi connectivity index (χ1n) is 8.23. The van der Waals surface area contributed by atoms with Crippen LogP contribution in [-0.4, -0.2) is 33.9 Å². The Morgan fingerprint density at radius 1 is 1.15 bits per heavy atom. The van der Waals surface area contributed by atoms with Gasteiger partial charge in [-0.15, -0.1) is 11.3 Å². The third-order valence-electron chi connectivity index (χ3n) is 3.64. The number of nitro groups is 1. The number of nitrogens with zero attached hydrogens (tertiary/aromatic N) is 3. The first-order valence-corrected chi connectivity index (χ1v) is 9.11. The molecule has 1 aromatic carbocycles. The van der Waals surface area contributed by atoms with E-state index in [1.54, 1.807) is 24.4 Å². The van der Waals surface area contributed by atoms with Crippen LogP contribution >= 0.6 is 11.3 Å². The van der Waals surface area contributed by atoms with Crippen LogP contribution in [0.25, 0.3) is 10.7 Å². The lowest BCUT2D eigenvalue weighted by molar-refractivity contribution is -0.384. The first-order chi connectivity index (χ1) is 13.1. The lowest BCUT2D eigenvalue weighted by Gasteiger charge is -2.08. The second kappa shape index (κ2) is 8.86. The Hall–Kier alpha value is -3.33. The van der Waals surface area contributed by atoms with Crippen LogP contribution in [0.15, 0.2) is 54.0 Å². The Bertz CT molecular complexity index is 930. The molecule has 9 heteroatoms. The Balaban J connectivity index is 1.46. The van der Waals surface area contributed by atoms with Gasteiger partial charge >= 0.3 is 0 Å². The summed E-state index contributed by atoms with van der Waals surface area (Å²) in [7, 11) is 0. The van der Waals surface area contributed by atoms with Crippen LogP contribution in [0.5, 0.6) is 0 Å². The number of carbonyl (C=O) groups is 1. The van der Waals surface area contributed by atoms with Crippen LogP contribution in [0.1, 0.15) is 5.69 Å². The minimum atomic E-state index is -0.442. The van der Waals surface area contributed by atoms with Gasteiger partial charge in [0.1, 0.15) is 10.7 Å². The van der Waals surface area contributed by atoms with Gasteiger partial charge in [-0.05, 0) is 18.2 Å². The number of pyridine rings is 1. The lowest BCUT2D eigenvalue weighted by Crippen LogP contribution is -2.30. The number of anilines is 1. The van der Waals surface area contributed by atoms with E-state index in [9.17, 15) is 14.9 Å². The summed E-state index contributed by atoms with van der Waals surface area (Å²) in [6.07, 6.45) is 1.88. The average Bonchev–Trinajstić information content (AvgIpc) is 3.14. The topological polar surface area (TPSA) is 110 Å². The van der Waals surface area contributed by atoms with Gasteiger partial charge in [0, 0.05) is 30.7 Å². The molecular formula is C18H17N5O3S. The van der Waals surface area contributed by atoms with E-state index >= 15 is 0 Å². The fourth-order valence-corrected chi connectivity index (χ4v) is 3.20. The van der Waals surface area contributed by atoms with Crippen molar-refractivity contribution in [2.24, 2.45) is 0 Å². The molecule has 8 nitrogen and oxygen atoms in total. The van der Waals surface area contributed by atoms with Crippen molar-refractivity contribution in [3.63, 3.8) is 0 Å². The van der Waals surface area contributed by atoms with Crippen molar-refractivity contribution < 1.29 is 9.72 Å². The summed E-state index contributed by atoms with van der Waals surface area (Å²) in [5, 5.41) is 19.3. The van der Waals surface area contributed by atoms with Gasteiger partial charge in [0.15, 0.2) is 0 Å². The number of thiazole rings is 1.